The summed E-state index contributed by atoms with van der Waals surface area (Å²) in [4.78, 5) is 62.2. The summed E-state index contributed by atoms with van der Waals surface area (Å²) in [6.07, 6.45) is 8.41. The van der Waals surface area contributed by atoms with E-state index in [0.717, 1.165) is 51.9 Å². The fourth-order valence-corrected chi connectivity index (χ4v) is 7.76. The number of carbonyl (C=O) groups is 3. The van der Waals surface area contributed by atoms with E-state index < -0.39 is 11.6 Å². The van der Waals surface area contributed by atoms with Crippen molar-refractivity contribution in [2.75, 3.05) is 70.2 Å². The van der Waals surface area contributed by atoms with Gasteiger partial charge in [-0.15, -0.1) is 0 Å². The van der Waals surface area contributed by atoms with Gasteiger partial charge >= 0.3 is 6.03 Å². The van der Waals surface area contributed by atoms with Gasteiger partial charge in [-0.2, -0.15) is 5.10 Å². The third-order valence-electron chi connectivity index (χ3n) is 10.3. The Labute approximate surface area is 342 Å². The number of nitrogens with zero attached hydrogens (tertiary/aromatic N) is 5. The van der Waals surface area contributed by atoms with E-state index in [1.807, 2.05) is 24.3 Å². The van der Waals surface area contributed by atoms with Crippen LogP contribution < -0.4 is 26.8 Å². The second-order valence-corrected chi connectivity index (χ2v) is 15.0. The number of anilines is 2. The predicted molar refractivity (Wildman–Crippen MR) is 223 cm³/mol. The van der Waals surface area contributed by atoms with Crippen molar-refractivity contribution in [2.45, 2.75) is 51.6 Å². The maximum Gasteiger partial charge on any atom is 0.323 e. The van der Waals surface area contributed by atoms with Crippen LogP contribution in [0.3, 0.4) is 0 Å². The van der Waals surface area contributed by atoms with Gasteiger partial charge in [-0.1, -0.05) is 47.8 Å². The summed E-state index contributed by atoms with van der Waals surface area (Å²) in [5.74, 6) is -0.545. The molecule has 2 aromatic carbocycles. The highest BCUT2D eigenvalue weighted by molar-refractivity contribution is 6.39. The molecule has 14 nitrogen and oxygen atoms in total. The van der Waals surface area contributed by atoms with E-state index in [0.29, 0.717) is 65.8 Å². The van der Waals surface area contributed by atoms with E-state index in [1.54, 1.807) is 32.2 Å². The monoisotopic (exact) mass is 817 g/mol. The number of amides is 4. The number of aryl methyl sites for hydroxylation is 1. The number of pyridine rings is 1. The number of ether oxygens (including phenoxy) is 1. The lowest BCUT2D eigenvalue weighted by atomic mass is 9.97. The fraction of sp³-hybridized carbons (Fsp3) is 0.415. The second kappa shape index (κ2) is 20.0. The topological polar surface area (TPSA) is 163 Å². The minimum atomic E-state index is -0.734. The summed E-state index contributed by atoms with van der Waals surface area (Å²) in [6.45, 7) is 8.09. The molecule has 2 aliphatic heterocycles. The van der Waals surface area contributed by atoms with Gasteiger partial charge in [0.15, 0.2) is 0 Å². The van der Waals surface area contributed by atoms with E-state index >= 15 is 0 Å². The number of halogens is 2. The molecular weight excluding hydrogens is 769 g/mol. The smallest absolute Gasteiger partial charge is 0.323 e. The molecule has 302 valence electrons. The standard InChI is InChI=1S/C41H49Cl2N9O5/c1-3-52-40(55)36(47-41(56)48-37-33(42)24-44-25-34(37)43)23-35(49-52)28-10-7-9-27(19-28)29-20-30(38(53)45-12-17-50-14-5-4-6-15-50)22-31(21-29)39(54)46-13-18-51-16-8-11-32(51)26-57-2/h7,9-10,19-25,32H,3-6,8,11-18,26H2,1-2H3,(H,45,53)(H,46,54)(H2,44,47,48,56). The molecule has 6 rings (SSSR count). The molecule has 2 saturated heterocycles. The van der Waals surface area contributed by atoms with E-state index in [2.05, 4.69) is 41.1 Å². The van der Waals surface area contributed by atoms with Gasteiger partial charge in [0.1, 0.15) is 5.69 Å². The number of nitrogens with one attached hydrogen (secondary N) is 4. The average Bonchev–Trinajstić information content (AvgIpc) is 3.67. The Morgan fingerprint density at radius 1 is 0.825 bits per heavy atom. The lowest BCUT2D eigenvalue weighted by Gasteiger charge is -2.26. The van der Waals surface area contributed by atoms with Crippen LogP contribution in [0.5, 0.6) is 0 Å². The predicted octanol–water partition coefficient (Wildman–Crippen LogP) is 6.00. The molecule has 0 bridgehead atoms. The van der Waals surface area contributed by atoms with Crippen molar-refractivity contribution in [3.05, 3.63) is 92.5 Å². The highest BCUT2D eigenvalue weighted by Crippen LogP contribution is 2.30. The number of carbonyl (C=O) groups excluding carboxylic acids is 3. The zero-order valence-corrected chi connectivity index (χ0v) is 33.8. The van der Waals surface area contributed by atoms with Crippen molar-refractivity contribution in [3.8, 4) is 22.4 Å². The highest BCUT2D eigenvalue weighted by Gasteiger charge is 2.24. The number of urea groups is 1. The molecule has 0 spiro atoms. The normalized spacial score (nSPS) is 16.0. The molecule has 4 aromatic rings. The maximum atomic E-state index is 13.7. The fourth-order valence-electron chi connectivity index (χ4n) is 7.30. The van der Waals surface area contributed by atoms with Gasteiger partial charge in [-0.3, -0.25) is 24.3 Å². The molecule has 0 saturated carbocycles. The van der Waals surface area contributed by atoms with Crippen molar-refractivity contribution in [1.82, 2.24) is 35.2 Å². The Hall–Kier alpha value is -4.86. The number of rotatable bonds is 15. The molecule has 1 unspecified atom stereocenters. The number of likely N-dealkylation sites (tertiary alicyclic amines) is 2. The molecule has 57 heavy (non-hydrogen) atoms. The summed E-state index contributed by atoms with van der Waals surface area (Å²) in [7, 11) is 1.71. The molecule has 2 fully saturated rings. The minimum Gasteiger partial charge on any atom is -0.383 e. The van der Waals surface area contributed by atoms with Crippen LogP contribution in [-0.2, 0) is 11.3 Å². The van der Waals surface area contributed by atoms with E-state index in [1.165, 1.54) is 29.6 Å². The molecule has 4 N–H and O–H groups in total. The summed E-state index contributed by atoms with van der Waals surface area (Å²) >= 11 is 12.4. The van der Waals surface area contributed by atoms with Crippen molar-refractivity contribution in [1.29, 1.82) is 0 Å². The lowest BCUT2D eigenvalue weighted by Crippen LogP contribution is -2.39. The van der Waals surface area contributed by atoms with Gasteiger partial charge < -0.3 is 30.9 Å². The number of hydrogen-bond donors (Lipinski definition) is 4. The summed E-state index contributed by atoms with van der Waals surface area (Å²) in [5, 5.41) is 16.1. The molecule has 4 heterocycles. The Balaban J connectivity index is 1.25. The first-order chi connectivity index (χ1) is 27.6. The second-order valence-electron chi connectivity index (χ2n) is 14.2. The Morgan fingerprint density at radius 2 is 1.51 bits per heavy atom. The molecule has 2 aliphatic rings. The van der Waals surface area contributed by atoms with Crippen LogP contribution in [-0.4, -0.2) is 108 Å². The summed E-state index contributed by atoms with van der Waals surface area (Å²) < 4.78 is 6.64. The number of methoxy groups -OCH3 is 1. The van der Waals surface area contributed by atoms with Crippen LogP contribution in [0.4, 0.5) is 16.2 Å². The van der Waals surface area contributed by atoms with Crippen LogP contribution in [0.2, 0.25) is 10.0 Å². The third-order valence-corrected chi connectivity index (χ3v) is 10.8. The molecule has 1 atom stereocenters. The molecule has 2 aromatic heterocycles. The van der Waals surface area contributed by atoms with Gasteiger partial charge in [-0.05, 0) is 93.7 Å². The van der Waals surface area contributed by atoms with Crippen LogP contribution in [0, 0.1) is 0 Å². The van der Waals surface area contributed by atoms with Gasteiger partial charge in [-0.25, -0.2) is 9.48 Å². The van der Waals surface area contributed by atoms with E-state index in [-0.39, 0.29) is 39.8 Å². The zero-order valence-electron chi connectivity index (χ0n) is 32.3. The van der Waals surface area contributed by atoms with Crippen LogP contribution in [0.25, 0.3) is 22.4 Å². The molecular formula is C41H49Cl2N9O5. The van der Waals surface area contributed by atoms with Gasteiger partial charge in [0.2, 0.25) is 0 Å². The summed E-state index contributed by atoms with van der Waals surface area (Å²) in [5.41, 5.74) is 2.77. The van der Waals surface area contributed by atoms with Crippen LogP contribution in [0.15, 0.2) is 65.7 Å². The number of hydrogen-bond acceptors (Lipinski definition) is 9. The van der Waals surface area contributed by atoms with Gasteiger partial charge in [0, 0.05) is 75.0 Å². The molecule has 0 radical (unpaired) electrons. The minimum absolute atomic E-state index is 0.0179. The third kappa shape index (κ3) is 11.0. The largest absolute Gasteiger partial charge is 0.383 e. The van der Waals surface area contributed by atoms with E-state index in [4.69, 9.17) is 27.9 Å². The first-order valence-electron chi connectivity index (χ1n) is 19.4. The van der Waals surface area contributed by atoms with E-state index in [9.17, 15) is 19.2 Å². The van der Waals surface area contributed by atoms with Crippen molar-refractivity contribution in [2.24, 2.45) is 0 Å². The number of benzene rings is 2. The first kappa shape index (κ1) is 41.8. The van der Waals surface area contributed by atoms with Crippen LogP contribution >= 0.6 is 23.2 Å². The quantitative estimate of drug-likeness (QED) is 0.113. The molecule has 0 aliphatic carbocycles. The van der Waals surface area contributed by atoms with Crippen molar-refractivity contribution >= 4 is 52.4 Å². The van der Waals surface area contributed by atoms with Gasteiger partial charge in [0.05, 0.1) is 28.0 Å². The Bertz CT molecular complexity index is 2100. The molecule has 4 amide bonds. The Kier molecular flexibility index (Phi) is 14.7. The first-order valence-corrected chi connectivity index (χ1v) is 20.2. The SMILES string of the molecule is CCn1nc(-c2cccc(-c3cc(C(=O)NCCN4CCCCC4)cc(C(=O)NCCN4CCCC4COC)c3)c2)cc(NC(=O)Nc2c(Cl)cncc2Cl)c1=O. The zero-order chi connectivity index (χ0) is 40.3. The highest BCUT2D eigenvalue weighted by atomic mass is 35.5. The number of aromatic nitrogens is 3. The molecule has 16 heteroatoms. The average molecular weight is 819 g/mol. The van der Waals surface area contributed by atoms with Crippen molar-refractivity contribution in [3.63, 3.8) is 0 Å². The van der Waals surface area contributed by atoms with Gasteiger partial charge in [0.25, 0.3) is 17.4 Å². The maximum absolute atomic E-state index is 13.7. The van der Waals surface area contributed by atoms with Crippen molar-refractivity contribution < 1.29 is 19.1 Å². The Morgan fingerprint density at radius 3 is 2.19 bits per heavy atom. The summed E-state index contributed by atoms with van der Waals surface area (Å²) in [6, 6.07) is 13.7. The number of piperidine rings is 1. The lowest BCUT2D eigenvalue weighted by molar-refractivity contribution is 0.0932. The van der Waals surface area contributed by atoms with Crippen LogP contribution in [0.1, 0.15) is 59.7 Å².